The van der Waals surface area contributed by atoms with Crippen LogP contribution < -0.4 is 10.6 Å². The minimum Gasteiger partial charge on any atom is -0.326 e. The van der Waals surface area contributed by atoms with Crippen molar-refractivity contribution in [3.8, 4) is 0 Å². The summed E-state index contributed by atoms with van der Waals surface area (Å²) >= 11 is 1.24. The van der Waals surface area contributed by atoms with Crippen LogP contribution in [-0.2, 0) is 9.59 Å². The van der Waals surface area contributed by atoms with Gasteiger partial charge in [-0.25, -0.2) is 9.38 Å². The summed E-state index contributed by atoms with van der Waals surface area (Å²) < 4.78 is 12.9. The number of benzene rings is 2. The third-order valence-electron chi connectivity index (χ3n) is 3.71. The molecule has 2 aromatic rings. The number of nitrogens with zero attached hydrogens (tertiary/aromatic N) is 1. The summed E-state index contributed by atoms with van der Waals surface area (Å²) in [7, 11) is 0. The van der Waals surface area contributed by atoms with Crippen molar-refractivity contribution in [3.63, 3.8) is 0 Å². The molecule has 3 rings (SSSR count). The van der Waals surface area contributed by atoms with Crippen LogP contribution in [0.3, 0.4) is 0 Å². The number of amides is 2. The summed E-state index contributed by atoms with van der Waals surface area (Å²) in [6.45, 7) is 3.97. The van der Waals surface area contributed by atoms with Gasteiger partial charge in [0.2, 0.25) is 11.8 Å². The van der Waals surface area contributed by atoms with Gasteiger partial charge in [-0.1, -0.05) is 17.8 Å². The molecule has 0 spiro atoms. The second kappa shape index (κ2) is 7.70. The molecular formula is C19H18FN3O2S. The predicted octanol–water partition coefficient (Wildman–Crippen LogP) is 3.69. The Morgan fingerprint density at radius 3 is 2.50 bits per heavy atom. The highest BCUT2D eigenvalue weighted by atomic mass is 32.2. The summed E-state index contributed by atoms with van der Waals surface area (Å²) in [5.41, 5.74) is 3.44. The Morgan fingerprint density at radius 2 is 1.85 bits per heavy atom. The van der Waals surface area contributed by atoms with Gasteiger partial charge in [0.1, 0.15) is 11.1 Å². The zero-order valence-electron chi connectivity index (χ0n) is 14.4. The smallest absolute Gasteiger partial charge is 0.240 e. The largest absolute Gasteiger partial charge is 0.326 e. The third-order valence-corrected chi connectivity index (χ3v) is 4.79. The molecule has 2 amide bonds. The zero-order chi connectivity index (χ0) is 18.7. The highest BCUT2D eigenvalue weighted by molar-refractivity contribution is 8.15. The van der Waals surface area contributed by atoms with Crippen molar-refractivity contribution in [3.05, 3.63) is 59.4 Å². The summed E-state index contributed by atoms with van der Waals surface area (Å²) in [6, 6.07) is 11.4. The molecule has 1 heterocycles. The first-order valence-corrected chi connectivity index (χ1v) is 8.97. The zero-order valence-corrected chi connectivity index (χ0v) is 15.2. The molecule has 1 aliphatic heterocycles. The fraction of sp³-hybridized carbons (Fsp3) is 0.211. The second-order valence-electron chi connectivity index (χ2n) is 6.12. The number of amidine groups is 1. The highest BCUT2D eigenvalue weighted by Gasteiger charge is 2.32. The molecule has 0 bridgehead atoms. The van der Waals surface area contributed by atoms with E-state index < -0.39 is 5.25 Å². The lowest BCUT2D eigenvalue weighted by molar-refractivity contribution is -0.122. The number of thioether (sulfide) groups is 1. The van der Waals surface area contributed by atoms with E-state index in [0.717, 1.165) is 16.8 Å². The molecule has 5 nitrogen and oxygen atoms in total. The van der Waals surface area contributed by atoms with E-state index in [9.17, 15) is 14.0 Å². The van der Waals surface area contributed by atoms with Gasteiger partial charge in [0.05, 0.1) is 5.69 Å². The molecule has 0 unspecified atom stereocenters. The molecule has 1 aliphatic rings. The number of carbonyl (C=O) groups excluding carboxylic acids is 2. The Balaban J connectivity index is 1.63. The molecule has 1 saturated heterocycles. The molecule has 0 radical (unpaired) electrons. The topological polar surface area (TPSA) is 70.6 Å². The van der Waals surface area contributed by atoms with E-state index in [4.69, 9.17) is 0 Å². The summed E-state index contributed by atoms with van der Waals surface area (Å²) in [5.74, 6) is -0.926. The number of carbonyl (C=O) groups is 2. The van der Waals surface area contributed by atoms with Gasteiger partial charge in [-0.2, -0.15) is 0 Å². The molecule has 1 atom stereocenters. The Kier molecular flexibility index (Phi) is 5.37. The number of aliphatic imine (C=N–C) groups is 1. The van der Waals surface area contributed by atoms with Crippen molar-refractivity contribution in [1.82, 2.24) is 5.32 Å². The van der Waals surface area contributed by atoms with Crippen LogP contribution in [0.5, 0.6) is 0 Å². The molecule has 26 heavy (non-hydrogen) atoms. The van der Waals surface area contributed by atoms with Gasteiger partial charge in [0, 0.05) is 12.1 Å². The van der Waals surface area contributed by atoms with Gasteiger partial charge in [-0.05, 0) is 61.4 Å². The molecule has 2 N–H and O–H groups in total. The van der Waals surface area contributed by atoms with Crippen molar-refractivity contribution in [2.24, 2.45) is 4.99 Å². The summed E-state index contributed by atoms with van der Waals surface area (Å²) in [5, 5.41) is 5.31. The Bertz CT molecular complexity index is 861. The van der Waals surface area contributed by atoms with Crippen molar-refractivity contribution < 1.29 is 14.0 Å². The Morgan fingerprint density at radius 1 is 1.19 bits per heavy atom. The number of nitrogens with one attached hydrogen (secondary N) is 2. The number of anilines is 1. The molecule has 2 aromatic carbocycles. The predicted molar refractivity (Wildman–Crippen MR) is 102 cm³/mol. The number of hydrogen-bond donors (Lipinski definition) is 2. The van der Waals surface area contributed by atoms with Crippen LogP contribution >= 0.6 is 11.8 Å². The maximum atomic E-state index is 12.9. The Labute approximate surface area is 155 Å². The molecule has 1 fully saturated rings. The SMILES string of the molecule is Cc1cc(C)cc(N=C2NC(=O)[C@@H](CC(=O)Nc3ccc(F)cc3)S2)c1. The summed E-state index contributed by atoms with van der Waals surface area (Å²) in [6.07, 6.45) is 0.0136. The van der Waals surface area contributed by atoms with Crippen molar-refractivity contribution >= 4 is 40.1 Å². The lowest BCUT2D eigenvalue weighted by Crippen LogP contribution is -2.28. The van der Waals surface area contributed by atoms with Gasteiger partial charge in [-0.15, -0.1) is 0 Å². The molecule has 0 saturated carbocycles. The molecular weight excluding hydrogens is 353 g/mol. The minimum atomic E-state index is -0.542. The van der Waals surface area contributed by atoms with Crippen LogP contribution in [0.2, 0.25) is 0 Å². The number of hydrogen-bond acceptors (Lipinski definition) is 4. The average Bonchev–Trinajstić information content (AvgIpc) is 2.88. The van der Waals surface area contributed by atoms with Crippen LogP contribution in [0.25, 0.3) is 0 Å². The summed E-state index contributed by atoms with van der Waals surface area (Å²) in [4.78, 5) is 28.7. The highest BCUT2D eigenvalue weighted by Crippen LogP contribution is 2.26. The maximum absolute atomic E-state index is 12.9. The van der Waals surface area contributed by atoms with Gasteiger partial charge < -0.3 is 10.6 Å². The average molecular weight is 371 g/mol. The van der Waals surface area contributed by atoms with E-state index in [1.165, 1.54) is 36.0 Å². The van der Waals surface area contributed by atoms with Crippen molar-refractivity contribution in [2.75, 3.05) is 5.32 Å². The fourth-order valence-electron chi connectivity index (χ4n) is 2.64. The minimum absolute atomic E-state index is 0.0136. The van der Waals surface area contributed by atoms with Gasteiger partial charge in [0.15, 0.2) is 5.17 Å². The van der Waals surface area contributed by atoms with Crippen molar-refractivity contribution in [1.29, 1.82) is 0 Å². The third kappa shape index (κ3) is 4.70. The lowest BCUT2D eigenvalue weighted by atomic mass is 10.1. The first kappa shape index (κ1) is 18.1. The quantitative estimate of drug-likeness (QED) is 0.861. The first-order valence-electron chi connectivity index (χ1n) is 8.09. The molecule has 7 heteroatoms. The van der Waals surface area contributed by atoms with Crippen LogP contribution in [0.15, 0.2) is 47.5 Å². The lowest BCUT2D eigenvalue weighted by Gasteiger charge is -2.07. The molecule has 0 aliphatic carbocycles. The van der Waals surface area contributed by atoms with E-state index in [2.05, 4.69) is 15.6 Å². The normalized spacial score (nSPS) is 18.0. The number of halogens is 1. The van der Waals surface area contributed by atoms with Crippen LogP contribution in [-0.4, -0.2) is 22.2 Å². The van der Waals surface area contributed by atoms with E-state index in [1.807, 2.05) is 32.0 Å². The van der Waals surface area contributed by atoms with Crippen LogP contribution in [0.4, 0.5) is 15.8 Å². The van der Waals surface area contributed by atoms with Gasteiger partial charge in [-0.3, -0.25) is 9.59 Å². The van der Waals surface area contributed by atoms with Crippen LogP contribution in [0.1, 0.15) is 17.5 Å². The molecule has 0 aromatic heterocycles. The monoisotopic (exact) mass is 371 g/mol. The van der Waals surface area contributed by atoms with Crippen molar-refractivity contribution in [2.45, 2.75) is 25.5 Å². The van der Waals surface area contributed by atoms with E-state index in [-0.39, 0.29) is 24.1 Å². The van der Waals surface area contributed by atoms with Gasteiger partial charge in [0.25, 0.3) is 0 Å². The van der Waals surface area contributed by atoms with E-state index in [1.54, 1.807) is 0 Å². The van der Waals surface area contributed by atoms with E-state index >= 15 is 0 Å². The van der Waals surface area contributed by atoms with Gasteiger partial charge >= 0.3 is 0 Å². The fourth-order valence-corrected chi connectivity index (χ4v) is 3.63. The standard InChI is InChI=1S/C19H18FN3O2S/c1-11-7-12(2)9-15(8-11)22-19-23-18(25)16(26-19)10-17(24)21-14-5-3-13(20)4-6-14/h3-9,16H,10H2,1-2H3,(H,21,24)(H,22,23,25)/t16-/m1/s1. The van der Waals surface area contributed by atoms with E-state index in [0.29, 0.717) is 10.9 Å². The maximum Gasteiger partial charge on any atom is 0.240 e. The second-order valence-corrected chi connectivity index (χ2v) is 7.31. The number of aryl methyl sites for hydroxylation is 2. The Hall–Kier alpha value is -2.67. The molecule has 134 valence electrons. The first-order chi connectivity index (χ1) is 12.4. The van der Waals surface area contributed by atoms with Crippen LogP contribution in [0, 0.1) is 19.7 Å². The number of rotatable bonds is 4.